The van der Waals surface area contributed by atoms with Crippen LogP contribution >= 0.6 is 11.6 Å². The van der Waals surface area contributed by atoms with Crippen molar-refractivity contribution in [3.63, 3.8) is 0 Å². The van der Waals surface area contributed by atoms with Crippen molar-refractivity contribution in [3.8, 4) is 5.75 Å². The minimum Gasteiger partial charge on any atom is -0.488 e. The van der Waals surface area contributed by atoms with E-state index in [1.54, 1.807) is 41.1 Å². The first-order chi connectivity index (χ1) is 15.4. The summed E-state index contributed by atoms with van der Waals surface area (Å²) in [6.45, 7) is -0.171. The summed E-state index contributed by atoms with van der Waals surface area (Å²) in [6, 6.07) is 13.1. The summed E-state index contributed by atoms with van der Waals surface area (Å²) in [5.41, 5.74) is 2.08. The second kappa shape index (κ2) is 8.98. The molecule has 0 bridgehead atoms. The zero-order valence-electron chi connectivity index (χ0n) is 16.7. The molecule has 0 atom stereocenters. The van der Waals surface area contributed by atoms with E-state index in [2.05, 4.69) is 0 Å². The van der Waals surface area contributed by atoms with Gasteiger partial charge in [-0.15, -0.1) is 0 Å². The number of aromatic nitrogens is 1. The van der Waals surface area contributed by atoms with Gasteiger partial charge in [0, 0.05) is 44.9 Å². The van der Waals surface area contributed by atoms with Gasteiger partial charge in [0.05, 0.1) is 18.7 Å². The van der Waals surface area contributed by atoms with E-state index in [0.29, 0.717) is 32.8 Å². The molecule has 0 saturated heterocycles. The molecule has 32 heavy (non-hydrogen) atoms. The Hall–Kier alpha value is -3.42. The average Bonchev–Trinajstić information content (AvgIpc) is 3.12. The molecule has 1 heterocycles. The van der Waals surface area contributed by atoms with E-state index in [1.165, 1.54) is 12.1 Å². The molecule has 0 aliphatic carbocycles. The van der Waals surface area contributed by atoms with E-state index in [9.17, 15) is 23.8 Å². The van der Waals surface area contributed by atoms with Crippen LogP contribution in [-0.4, -0.2) is 20.7 Å². The van der Waals surface area contributed by atoms with Gasteiger partial charge >= 0.3 is 5.97 Å². The van der Waals surface area contributed by atoms with Crippen molar-refractivity contribution in [2.45, 2.75) is 19.8 Å². The van der Waals surface area contributed by atoms with Crippen LogP contribution in [-0.2, 0) is 19.8 Å². The maximum atomic E-state index is 14.0. The second-order valence-electron chi connectivity index (χ2n) is 7.22. The van der Waals surface area contributed by atoms with Gasteiger partial charge in [-0.3, -0.25) is 0 Å². The SMILES string of the molecule is O=C(O)c1cccc2c1c(CO)cn2Cc1cc(Cl)ccc1OCc1ccc(F)cc1F. The Balaban J connectivity index is 1.69. The van der Waals surface area contributed by atoms with Crippen LogP contribution in [0.1, 0.15) is 27.0 Å². The molecular formula is C24H18ClF2NO4. The fourth-order valence-corrected chi connectivity index (χ4v) is 3.85. The van der Waals surface area contributed by atoms with Crippen molar-refractivity contribution in [2.24, 2.45) is 0 Å². The highest BCUT2D eigenvalue weighted by molar-refractivity contribution is 6.30. The number of halogens is 3. The molecule has 1 aromatic heterocycles. The lowest BCUT2D eigenvalue weighted by Crippen LogP contribution is -2.05. The molecular weight excluding hydrogens is 440 g/mol. The fourth-order valence-electron chi connectivity index (χ4n) is 3.66. The van der Waals surface area contributed by atoms with Gasteiger partial charge in [-0.1, -0.05) is 17.7 Å². The van der Waals surface area contributed by atoms with E-state index >= 15 is 0 Å². The zero-order valence-corrected chi connectivity index (χ0v) is 17.4. The maximum absolute atomic E-state index is 14.0. The van der Waals surface area contributed by atoms with Crippen molar-refractivity contribution in [2.75, 3.05) is 0 Å². The van der Waals surface area contributed by atoms with Gasteiger partial charge < -0.3 is 19.5 Å². The third kappa shape index (κ3) is 4.30. The predicted molar refractivity (Wildman–Crippen MR) is 116 cm³/mol. The topological polar surface area (TPSA) is 71.7 Å². The number of hydrogen-bond donors (Lipinski definition) is 2. The molecule has 4 aromatic rings. The lowest BCUT2D eigenvalue weighted by atomic mass is 10.1. The highest BCUT2D eigenvalue weighted by Gasteiger charge is 2.17. The number of benzene rings is 3. The van der Waals surface area contributed by atoms with Crippen LogP contribution in [0.15, 0.2) is 60.8 Å². The van der Waals surface area contributed by atoms with Gasteiger partial charge in [-0.05, 0) is 42.5 Å². The number of fused-ring (bicyclic) bond motifs is 1. The summed E-state index contributed by atoms with van der Waals surface area (Å²) in [5.74, 6) is -2.01. The van der Waals surface area contributed by atoms with E-state index in [4.69, 9.17) is 16.3 Å². The minimum absolute atomic E-state index is 0.0969. The Labute approximate surface area is 187 Å². The van der Waals surface area contributed by atoms with Crippen molar-refractivity contribution in [1.29, 1.82) is 0 Å². The number of hydrogen-bond acceptors (Lipinski definition) is 3. The number of aromatic carboxylic acids is 1. The van der Waals surface area contributed by atoms with E-state index in [1.807, 2.05) is 0 Å². The van der Waals surface area contributed by atoms with E-state index in [0.717, 1.165) is 12.1 Å². The average molecular weight is 458 g/mol. The van der Waals surface area contributed by atoms with Crippen LogP contribution < -0.4 is 4.74 Å². The molecule has 3 aromatic carbocycles. The minimum atomic E-state index is -1.09. The number of aliphatic hydroxyl groups excluding tert-OH is 1. The van der Waals surface area contributed by atoms with Gasteiger partial charge in [0.15, 0.2) is 0 Å². The predicted octanol–water partition coefficient (Wildman–Crippen LogP) is 5.39. The molecule has 0 unspecified atom stereocenters. The Kier molecular flexibility index (Phi) is 6.12. The Bertz CT molecular complexity index is 1320. The van der Waals surface area contributed by atoms with E-state index in [-0.39, 0.29) is 30.9 Å². The molecule has 0 fully saturated rings. The number of carboxylic acids is 1. The third-order valence-electron chi connectivity index (χ3n) is 5.15. The summed E-state index contributed by atoms with van der Waals surface area (Å²) in [7, 11) is 0. The monoisotopic (exact) mass is 457 g/mol. The first-order valence-corrected chi connectivity index (χ1v) is 10.0. The van der Waals surface area contributed by atoms with Crippen LogP contribution in [0.3, 0.4) is 0 Å². The molecule has 2 N–H and O–H groups in total. The molecule has 164 valence electrons. The first-order valence-electron chi connectivity index (χ1n) is 9.67. The quantitative estimate of drug-likeness (QED) is 0.390. The van der Waals surface area contributed by atoms with Crippen LogP contribution in [0.2, 0.25) is 5.02 Å². The molecule has 0 aliphatic rings. The zero-order chi connectivity index (χ0) is 22.8. The Morgan fingerprint density at radius 2 is 1.84 bits per heavy atom. The number of aliphatic hydroxyl groups is 1. The van der Waals surface area contributed by atoms with Gasteiger partial charge in [0.25, 0.3) is 0 Å². The summed E-state index contributed by atoms with van der Waals surface area (Å²) < 4.78 is 34.7. The van der Waals surface area contributed by atoms with Gasteiger partial charge in [-0.2, -0.15) is 0 Å². The molecule has 0 saturated carbocycles. The number of rotatable bonds is 7. The maximum Gasteiger partial charge on any atom is 0.336 e. The summed E-state index contributed by atoms with van der Waals surface area (Å²) in [6.07, 6.45) is 1.68. The standard InChI is InChI=1S/C24H18ClF2NO4/c25-17-5-7-22(32-13-14-4-6-18(26)9-20(14)27)15(8-17)10-28-11-16(12-29)23-19(24(30)31)2-1-3-21(23)28/h1-9,11,29H,10,12-13H2,(H,30,31). The van der Waals surface area contributed by atoms with Gasteiger partial charge in [0.1, 0.15) is 24.0 Å². The second-order valence-corrected chi connectivity index (χ2v) is 7.66. The van der Waals surface area contributed by atoms with Gasteiger partial charge in [-0.25, -0.2) is 13.6 Å². The Morgan fingerprint density at radius 3 is 2.56 bits per heavy atom. The highest BCUT2D eigenvalue weighted by atomic mass is 35.5. The molecule has 0 radical (unpaired) electrons. The van der Waals surface area contributed by atoms with Crippen LogP contribution in [0.25, 0.3) is 10.9 Å². The molecule has 5 nitrogen and oxygen atoms in total. The first kappa shape index (κ1) is 21.8. The normalized spacial score (nSPS) is 11.1. The number of nitrogens with zero attached hydrogens (tertiary/aromatic N) is 1. The van der Waals surface area contributed by atoms with Crippen molar-refractivity contribution < 1.29 is 28.5 Å². The van der Waals surface area contributed by atoms with Crippen molar-refractivity contribution >= 4 is 28.5 Å². The molecule has 8 heteroatoms. The number of ether oxygens (including phenoxy) is 1. The van der Waals surface area contributed by atoms with Crippen molar-refractivity contribution in [3.05, 3.63) is 99.7 Å². The molecule has 0 aliphatic heterocycles. The van der Waals surface area contributed by atoms with Crippen LogP contribution in [0.5, 0.6) is 5.75 Å². The third-order valence-corrected chi connectivity index (χ3v) is 5.38. The largest absolute Gasteiger partial charge is 0.488 e. The van der Waals surface area contributed by atoms with Crippen LogP contribution in [0, 0.1) is 11.6 Å². The van der Waals surface area contributed by atoms with Crippen LogP contribution in [0.4, 0.5) is 8.78 Å². The van der Waals surface area contributed by atoms with E-state index < -0.39 is 17.6 Å². The molecule has 0 amide bonds. The summed E-state index contributed by atoms with van der Waals surface area (Å²) in [4.78, 5) is 11.6. The summed E-state index contributed by atoms with van der Waals surface area (Å²) in [5, 5.41) is 20.2. The lowest BCUT2D eigenvalue weighted by molar-refractivity contribution is 0.0699. The lowest BCUT2D eigenvalue weighted by Gasteiger charge is -2.14. The smallest absolute Gasteiger partial charge is 0.336 e. The summed E-state index contributed by atoms with van der Waals surface area (Å²) >= 11 is 6.18. The Morgan fingerprint density at radius 1 is 1.03 bits per heavy atom. The molecule has 4 rings (SSSR count). The molecule has 0 spiro atoms. The fraction of sp³-hybridized carbons (Fsp3) is 0.125. The van der Waals surface area contributed by atoms with Gasteiger partial charge in [0.2, 0.25) is 0 Å². The number of carbonyl (C=O) groups is 1. The van der Waals surface area contributed by atoms with Crippen molar-refractivity contribution in [1.82, 2.24) is 4.57 Å². The number of carboxylic acid groups (broad SMARTS) is 1. The highest BCUT2D eigenvalue weighted by Crippen LogP contribution is 2.30.